The van der Waals surface area contributed by atoms with Gasteiger partial charge in [-0.2, -0.15) is 0 Å². The fraction of sp³-hybridized carbons (Fsp3) is 0.333. The molecule has 0 atom stereocenters. The Morgan fingerprint density at radius 2 is 2.54 bits per heavy atom. The van der Waals surface area contributed by atoms with Gasteiger partial charge in [0.1, 0.15) is 0 Å². The molecule has 0 spiro atoms. The molecule has 0 saturated heterocycles. The van der Waals surface area contributed by atoms with Crippen LogP contribution in [-0.4, -0.2) is 31.6 Å². The quantitative estimate of drug-likeness (QED) is 0.642. The summed E-state index contributed by atoms with van der Waals surface area (Å²) in [5.74, 6) is 0. The molecule has 2 heterocycles. The molecule has 0 fully saturated rings. The maximum atomic E-state index is 5.23. The van der Waals surface area contributed by atoms with Crippen molar-refractivity contribution in [2.45, 2.75) is 6.42 Å². The van der Waals surface area contributed by atoms with E-state index >= 15 is 0 Å². The molecule has 1 aromatic rings. The van der Waals surface area contributed by atoms with E-state index in [1.54, 1.807) is 11.3 Å². The summed E-state index contributed by atoms with van der Waals surface area (Å²) < 4.78 is 6.36. The predicted octanol–water partition coefficient (Wildman–Crippen LogP) is 0.708. The Labute approximate surface area is 82.2 Å². The number of nitrogens with zero attached hydrogens (tertiary/aromatic N) is 1. The molecule has 0 saturated carbocycles. The Kier molecular flexibility index (Phi) is 2.71. The number of aromatic nitrogens is 1. The Morgan fingerprint density at radius 3 is 3.15 bits per heavy atom. The van der Waals surface area contributed by atoms with Crippen molar-refractivity contribution in [3.05, 3.63) is 17.3 Å². The second-order valence-corrected chi connectivity index (χ2v) is 3.89. The standard InChI is InChI=1S/C9H10BNOS/c1-10-8-6-11-9(13-8)7-2-4-12-5-3-7/h2,6H,1,3-5H2. The van der Waals surface area contributed by atoms with Gasteiger partial charge in [-0.1, -0.05) is 0 Å². The maximum absolute atomic E-state index is 5.23. The molecular weight excluding hydrogens is 181 g/mol. The van der Waals surface area contributed by atoms with Crippen LogP contribution in [0.4, 0.5) is 0 Å². The van der Waals surface area contributed by atoms with E-state index in [-0.39, 0.29) is 0 Å². The number of rotatable bonds is 2. The third-order valence-electron chi connectivity index (χ3n) is 1.96. The number of hydrogen-bond acceptors (Lipinski definition) is 3. The van der Waals surface area contributed by atoms with Gasteiger partial charge < -0.3 is 0 Å². The number of hydrogen-bond donors (Lipinski definition) is 0. The van der Waals surface area contributed by atoms with Gasteiger partial charge in [-0.05, 0) is 0 Å². The van der Waals surface area contributed by atoms with Gasteiger partial charge in [0.15, 0.2) is 0 Å². The van der Waals surface area contributed by atoms with E-state index in [9.17, 15) is 0 Å². The summed E-state index contributed by atoms with van der Waals surface area (Å²) in [5, 5.41) is 1.11. The first-order valence-corrected chi connectivity index (χ1v) is 5.07. The minimum atomic E-state index is 0.721. The van der Waals surface area contributed by atoms with Crippen molar-refractivity contribution in [2.24, 2.45) is 0 Å². The molecule has 1 aliphatic heterocycles. The molecule has 1 aromatic heterocycles. The molecule has 2 rings (SSSR count). The van der Waals surface area contributed by atoms with Crippen molar-refractivity contribution >= 4 is 35.1 Å². The fourth-order valence-corrected chi connectivity index (χ4v) is 2.08. The predicted molar refractivity (Wildman–Crippen MR) is 58.0 cm³/mol. The van der Waals surface area contributed by atoms with Gasteiger partial charge >= 0.3 is 81.7 Å². The second kappa shape index (κ2) is 3.98. The zero-order chi connectivity index (χ0) is 9.10. The van der Waals surface area contributed by atoms with Gasteiger partial charge in [-0.3, -0.25) is 0 Å². The van der Waals surface area contributed by atoms with Gasteiger partial charge in [0.2, 0.25) is 0 Å². The van der Waals surface area contributed by atoms with Crippen LogP contribution in [0, 0.1) is 0 Å². The van der Waals surface area contributed by atoms with Gasteiger partial charge in [0.05, 0.1) is 0 Å². The zero-order valence-electron chi connectivity index (χ0n) is 7.32. The van der Waals surface area contributed by atoms with Crippen LogP contribution in [0.25, 0.3) is 5.57 Å². The Hall–Kier alpha value is -0.735. The molecule has 0 amide bonds. The first-order valence-electron chi connectivity index (χ1n) is 4.25. The van der Waals surface area contributed by atoms with Crippen molar-refractivity contribution < 1.29 is 4.74 Å². The molecule has 1 aliphatic rings. The van der Waals surface area contributed by atoms with E-state index in [1.807, 2.05) is 13.1 Å². The Bertz CT molecular complexity index is 345. The summed E-state index contributed by atoms with van der Waals surface area (Å²) in [7, 11) is 0. The summed E-state index contributed by atoms with van der Waals surface area (Å²) >= 11 is 1.69. The van der Waals surface area contributed by atoms with Crippen molar-refractivity contribution in [1.82, 2.24) is 4.98 Å². The molecule has 66 valence electrons. The summed E-state index contributed by atoms with van der Waals surface area (Å²) in [6.07, 6.45) is 4.95. The third kappa shape index (κ3) is 1.95. The van der Waals surface area contributed by atoms with Crippen LogP contribution < -0.4 is 4.78 Å². The molecule has 13 heavy (non-hydrogen) atoms. The Morgan fingerprint density at radius 1 is 1.62 bits per heavy atom. The summed E-state index contributed by atoms with van der Waals surface area (Å²) in [5.41, 5.74) is 1.31. The van der Waals surface area contributed by atoms with E-state index < -0.39 is 0 Å². The van der Waals surface area contributed by atoms with Crippen LogP contribution in [0.3, 0.4) is 0 Å². The van der Waals surface area contributed by atoms with Crippen molar-refractivity contribution in [3.63, 3.8) is 0 Å². The summed E-state index contributed by atoms with van der Waals surface area (Å²) in [4.78, 5) is 4.33. The summed E-state index contributed by atoms with van der Waals surface area (Å²) in [6, 6.07) is 0. The molecule has 0 radical (unpaired) electrons. The van der Waals surface area contributed by atoms with E-state index in [1.165, 1.54) is 5.57 Å². The van der Waals surface area contributed by atoms with Gasteiger partial charge in [-0.15, -0.1) is 0 Å². The van der Waals surface area contributed by atoms with Crippen LogP contribution in [0.1, 0.15) is 11.4 Å². The number of thiazole rings is 1. The molecule has 0 N–H and O–H groups in total. The van der Waals surface area contributed by atoms with Gasteiger partial charge in [-0.25, -0.2) is 0 Å². The van der Waals surface area contributed by atoms with Crippen molar-refractivity contribution in [1.29, 1.82) is 0 Å². The average molecular weight is 191 g/mol. The van der Waals surface area contributed by atoms with Crippen LogP contribution in [0.15, 0.2) is 12.3 Å². The second-order valence-electron chi connectivity index (χ2n) is 2.83. The first-order chi connectivity index (χ1) is 6.40. The molecule has 4 heteroatoms. The number of ether oxygens (including phenoxy) is 1. The molecular formula is C9H10BNOS. The van der Waals surface area contributed by atoms with Crippen molar-refractivity contribution in [3.8, 4) is 0 Å². The van der Waals surface area contributed by atoms with Crippen molar-refractivity contribution in [2.75, 3.05) is 13.2 Å². The SMILES string of the molecule is C=Bc1cnc(C2=CCOCC2)s1. The van der Waals surface area contributed by atoms with Crippen LogP contribution >= 0.6 is 11.3 Å². The third-order valence-corrected chi connectivity index (χ3v) is 3.03. The first kappa shape index (κ1) is 8.85. The van der Waals surface area contributed by atoms with Crippen LogP contribution in [0.2, 0.25) is 0 Å². The molecule has 0 unspecified atom stereocenters. The van der Waals surface area contributed by atoms with E-state index in [4.69, 9.17) is 4.74 Å². The summed E-state index contributed by atoms with van der Waals surface area (Å²) in [6.45, 7) is 7.08. The fourth-order valence-electron chi connectivity index (χ4n) is 1.25. The molecule has 0 bridgehead atoms. The topological polar surface area (TPSA) is 22.1 Å². The van der Waals surface area contributed by atoms with Crippen LogP contribution in [0.5, 0.6) is 0 Å². The average Bonchev–Trinajstić information content (AvgIpc) is 2.67. The normalized spacial score (nSPS) is 16.5. The van der Waals surface area contributed by atoms with E-state index in [2.05, 4.69) is 17.5 Å². The van der Waals surface area contributed by atoms with E-state index in [0.29, 0.717) is 0 Å². The Balaban J connectivity index is 2.23. The van der Waals surface area contributed by atoms with E-state index in [0.717, 1.165) is 29.4 Å². The monoisotopic (exact) mass is 191 g/mol. The minimum absolute atomic E-state index is 0.721. The molecule has 2 nitrogen and oxygen atoms in total. The molecule has 0 aliphatic carbocycles. The van der Waals surface area contributed by atoms with Gasteiger partial charge in [0, 0.05) is 0 Å². The zero-order valence-corrected chi connectivity index (χ0v) is 8.14. The van der Waals surface area contributed by atoms with Crippen LogP contribution in [-0.2, 0) is 4.74 Å². The molecule has 0 aromatic carbocycles. The van der Waals surface area contributed by atoms with Gasteiger partial charge in [0.25, 0.3) is 0 Å².